The van der Waals surface area contributed by atoms with Crippen molar-refractivity contribution in [2.75, 3.05) is 5.32 Å². The molecule has 1 aliphatic rings. The second kappa shape index (κ2) is 7.42. The SMILES string of the molecule is CC(O)(CC(=O)Nc1nc2ccc(C#N)cc2n1C1(C)CCC1)c1ccccc1Cl. The number of hydrogen-bond acceptors (Lipinski definition) is 4. The van der Waals surface area contributed by atoms with Crippen LogP contribution in [0.3, 0.4) is 0 Å². The average Bonchev–Trinajstić information content (AvgIpc) is 3.02. The van der Waals surface area contributed by atoms with Gasteiger partial charge < -0.3 is 9.67 Å². The Hall–Kier alpha value is -2.88. The quantitative estimate of drug-likeness (QED) is 0.623. The molecular weight excluding hydrogens is 400 g/mol. The monoisotopic (exact) mass is 422 g/mol. The number of nitriles is 1. The van der Waals surface area contributed by atoms with Gasteiger partial charge in [0.1, 0.15) is 0 Å². The number of amides is 1. The lowest BCUT2D eigenvalue weighted by Crippen LogP contribution is -2.38. The maximum atomic E-state index is 12.9. The molecule has 1 aliphatic carbocycles. The third-order valence-corrected chi connectivity index (χ3v) is 6.29. The number of halogens is 1. The van der Waals surface area contributed by atoms with Crippen LogP contribution in [0.4, 0.5) is 5.95 Å². The molecule has 4 rings (SSSR count). The number of carbonyl (C=O) groups is 1. The fraction of sp³-hybridized carbons (Fsp3) is 0.348. The van der Waals surface area contributed by atoms with Crippen molar-refractivity contribution < 1.29 is 9.90 Å². The minimum absolute atomic E-state index is 0.167. The molecule has 7 heteroatoms. The Morgan fingerprint density at radius 1 is 1.37 bits per heavy atom. The summed E-state index contributed by atoms with van der Waals surface area (Å²) in [5, 5.41) is 23.5. The highest BCUT2D eigenvalue weighted by molar-refractivity contribution is 6.31. The number of imidazole rings is 1. The van der Waals surface area contributed by atoms with E-state index in [9.17, 15) is 15.2 Å². The molecule has 0 saturated heterocycles. The first-order chi connectivity index (χ1) is 14.2. The van der Waals surface area contributed by atoms with Gasteiger partial charge in [-0.15, -0.1) is 0 Å². The van der Waals surface area contributed by atoms with Crippen molar-refractivity contribution in [1.82, 2.24) is 9.55 Å². The predicted molar refractivity (Wildman–Crippen MR) is 116 cm³/mol. The van der Waals surface area contributed by atoms with Gasteiger partial charge in [-0.1, -0.05) is 29.8 Å². The van der Waals surface area contributed by atoms with Crippen molar-refractivity contribution in [3.63, 3.8) is 0 Å². The maximum absolute atomic E-state index is 12.9. The molecule has 1 heterocycles. The number of carbonyl (C=O) groups excluding carboxylic acids is 1. The molecule has 6 nitrogen and oxygen atoms in total. The number of anilines is 1. The Bertz CT molecular complexity index is 1170. The molecule has 0 bridgehead atoms. The highest BCUT2D eigenvalue weighted by atomic mass is 35.5. The van der Waals surface area contributed by atoms with E-state index in [0.717, 1.165) is 30.3 Å². The number of benzene rings is 2. The average molecular weight is 423 g/mol. The number of nitrogens with one attached hydrogen (secondary N) is 1. The molecule has 0 spiro atoms. The number of aromatic nitrogens is 2. The van der Waals surface area contributed by atoms with E-state index in [-0.39, 0.29) is 17.9 Å². The summed E-state index contributed by atoms with van der Waals surface area (Å²) in [4.78, 5) is 17.5. The summed E-state index contributed by atoms with van der Waals surface area (Å²) in [6.07, 6.45) is 2.87. The van der Waals surface area contributed by atoms with Crippen molar-refractivity contribution in [2.45, 2.75) is 50.7 Å². The zero-order valence-electron chi connectivity index (χ0n) is 16.9. The van der Waals surface area contributed by atoms with E-state index in [1.54, 1.807) is 43.3 Å². The third-order valence-electron chi connectivity index (χ3n) is 5.96. The van der Waals surface area contributed by atoms with Crippen molar-refractivity contribution in [3.05, 3.63) is 58.6 Å². The minimum Gasteiger partial charge on any atom is -0.385 e. The number of fused-ring (bicyclic) bond motifs is 1. The van der Waals surface area contributed by atoms with E-state index < -0.39 is 5.60 Å². The fourth-order valence-electron chi connectivity index (χ4n) is 4.16. The van der Waals surface area contributed by atoms with Gasteiger partial charge in [-0.05, 0) is 57.4 Å². The van der Waals surface area contributed by atoms with Crippen LogP contribution in [0.1, 0.15) is 50.7 Å². The van der Waals surface area contributed by atoms with Crippen LogP contribution in [0.15, 0.2) is 42.5 Å². The van der Waals surface area contributed by atoms with Crippen LogP contribution in [0.2, 0.25) is 5.02 Å². The molecule has 154 valence electrons. The van der Waals surface area contributed by atoms with Gasteiger partial charge in [0.2, 0.25) is 11.9 Å². The Kier molecular flexibility index (Phi) is 5.05. The van der Waals surface area contributed by atoms with Gasteiger partial charge in [0.15, 0.2) is 0 Å². The smallest absolute Gasteiger partial charge is 0.229 e. The van der Waals surface area contributed by atoms with Gasteiger partial charge in [-0.3, -0.25) is 10.1 Å². The van der Waals surface area contributed by atoms with Crippen LogP contribution in [0.25, 0.3) is 11.0 Å². The molecule has 2 aromatic carbocycles. The van der Waals surface area contributed by atoms with E-state index >= 15 is 0 Å². The molecule has 0 aliphatic heterocycles. The zero-order valence-corrected chi connectivity index (χ0v) is 17.7. The Labute approximate surface area is 180 Å². The van der Waals surface area contributed by atoms with E-state index in [0.29, 0.717) is 22.1 Å². The highest BCUT2D eigenvalue weighted by Gasteiger charge is 2.38. The number of nitrogens with zero attached hydrogens (tertiary/aromatic N) is 3. The molecule has 1 aromatic heterocycles. The summed E-state index contributed by atoms with van der Waals surface area (Å²) in [7, 11) is 0. The van der Waals surface area contributed by atoms with Crippen LogP contribution >= 0.6 is 11.6 Å². The standard InChI is InChI=1S/C23H23ClN4O2/c1-22(10-5-11-22)28-19-12-15(14-25)8-9-18(19)26-21(28)27-20(29)13-23(2,30)16-6-3-4-7-17(16)24/h3-4,6-9,12,30H,5,10-11,13H2,1-2H3,(H,26,27,29). The Balaban J connectivity index is 1.67. The molecule has 1 saturated carbocycles. The molecule has 1 atom stereocenters. The van der Waals surface area contributed by atoms with Crippen LogP contribution in [0.5, 0.6) is 0 Å². The lowest BCUT2D eigenvalue weighted by molar-refractivity contribution is -0.120. The molecule has 3 aromatic rings. The lowest BCUT2D eigenvalue weighted by Gasteiger charge is -2.41. The number of rotatable bonds is 5. The first-order valence-corrected chi connectivity index (χ1v) is 10.3. The Morgan fingerprint density at radius 3 is 2.73 bits per heavy atom. The molecular formula is C23H23ClN4O2. The van der Waals surface area contributed by atoms with Gasteiger partial charge >= 0.3 is 0 Å². The second-order valence-corrected chi connectivity index (χ2v) is 8.82. The van der Waals surface area contributed by atoms with Gasteiger partial charge in [-0.25, -0.2) is 4.98 Å². The third kappa shape index (κ3) is 3.55. The minimum atomic E-state index is -1.42. The number of aliphatic hydroxyl groups is 1. The summed E-state index contributed by atoms with van der Waals surface area (Å²) in [5.74, 6) is 0.0714. The van der Waals surface area contributed by atoms with E-state index in [4.69, 9.17) is 11.6 Å². The summed E-state index contributed by atoms with van der Waals surface area (Å²) in [6, 6.07) is 14.4. The summed E-state index contributed by atoms with van der Waals surface area (Å²) >= 11 is 6.21. The molecule has 2 N–H and O–H groups in total. The molecule has 30 heavy (non-hydrogen) atoms. The topological polar surface area (TPSA) is 90.9 Å². The summed E-state index contributed by atoms with van der Waals surface area (Å²) in [6.45, 7) is 3.70. The van der Waals surface area contributed by atoms with E-state index in [1.807, 2.05) is 10.6 Å². The fourth-order valence-corrected chi connectivity index (χ4v) is 4.50. The predicted octanol–water partition coefficient (Wildman–Crippen LogP) is 4.70. The normalized spacial score (nSPS) is 17.0. The molecule has 1 fully saturated rings. The van der Waals surface area contributed by atoms with Crippen LogP contribution in [-0.4, -0.2) is 20.6 Å². The van der Waals surface area contributed by atoms with Gasteiger partial charge in [-0.2, -0.15) is 5.26 Å². The van der Waals surface area contributed by atoms with Crippen LogP contribution in [0, 0.1) is 11.3 Å². The van der Waals surface area contributed by atoms with E-state index in [1.165, 1.54) is 0 Å². The lowest BCUT2D eigenvalue weighted by atomic mass is 9.78. The zero-order chi connectivity index (χ0) is 21.5. The largest absolute Gasteiger partial charge is 0.385 e. The first kappa shape index (κ1) is 20.4. The summed E-state index contributed by atoms with van der Waals surface area (Å²) < 4.78 is 2.02. The van der Waals surface area contributed by atoms with Gasteiger partial charge in [0.25, 0.3) is 0 Å². The molecule has 0 radical (unpaired) electrons. The second-order valence-electron chi connectivity index (χ2n) is 8.42. The number of hydrogen-bond donors (Lipinski definition) is 2. The molecule has 1 unspecified atom stereocenters. The van der Waals surface area contributed by atoms with Crippen LogP contribution < -0.4 is 5.32 Å². The van der Waals surface area contributed by atoms with Crippen molar-refractivity contribution in [1.29, 1.82) is 5.26 Å². The summed E-state index contributed by atoms with van der Waals surface area (Å²) in [5.41, 5.74) is 0.996. The van der Waals surface area contributed by atoms with E-state index in [2.05, 4.69) is 23.3 Å². The van der Waals surface area contributed by atoms with Crippen molar-refractivity contribution in [2.24, 2.45) is 0 Å². The first-order valence-electron chi connectivity index (χ1n) is 9.94. The molecule has 1 amide bonds. The van der Waals surface area contributed by atoms with Gasteiger partial charge in [0, 0.05) is 16.1 Å². The maximum Gasteiger partial charge on any atom is 0.229 e. The van der Waals surface area contributed by atoms with Crippen LogP contribution in [-0.2, 0) is 15.9 Å². The van der Waals surface area contributed by atoms with Crippen molar-refractivity contribution >= 4 is 34.5 Å². The highest BCUT2D eigenvalue weighted by Crippen LogP contribution is 2.43. The Morgan fingerprint density at radius 2 is 2.10 bits per heavy atom. The van der Waals surface area contributed by atoms with Gasteiger partial charge in [0.05, 0.1) is 34.7 Å². The van der Waals surface area contributed by atoms with Crippen molar-refractivity contribution in [3.8, 4) is 6.07 Å².